The molecule has 2 atom stereocenters. The highest BCUT2D eigenvalue weighted by Crippen LogP contribution is 2.13. The van der Waals surface area contributed by atoms with Gasteiger partial charge >= 0.3 is 0 Å². The predicted molar refractivity (Wildman–Crippen MR) is 54.3 cm³/mol. The van der Waals surface area contributed by atoms with Crippen molar-refractivity contribution in [3.05, 3.63) is 18.2 Å². The van der Waals surface area contributed by atoms with E-state index >= 15 is 0 Å². The Labute approximate surface area is 89.8 Å². The molecule has 1 aliphatic rings. The quantitative estimate of drug-likeness (QED) is 0.749. The number of hydrogen-bond acceptors (Lipinski definition) is 4. The number of hydrogen-bond donors (Lipinski definition) is 1. The van der Waals surface area contributed by atoms with Crippen LogP contribution in [-0.4, -0.2) is 32.5 Å². The van der Waals surface area contributed by atoms with E-state index in [0.717, 1.165) is 31.8 Å². The first-order chi connectivity index (χ1) is 7.27. The lowest BCUT2D eigenvalue weighted by molar-refractivity contribution is 0.517. The van der Waals surface area contributed by atoms with Gasteiger partial charge in [0.05, 0.1) is 28.4 Å². The SMILES string of the molecule is O=[S@](c1ncc(F)cn1)[C@@H]1CCCNC1. The van der Waals surface area contributed by atoms with E-state index in [1.807, 2.05) is 0 Å². The highest BCUT2D eigenvalue weighted by atomic mass is 32.2. The fourth-order valence-electron chi connectivity index (χ4n) is 1.56. The van der Waals surface area contributed by atoms with Crippen molar-refractivity contribution >= 4 is 10.8 Å². The zero-order valence-corrected chi connectivity index (χ0v) is 8.97. The molecule has 82 valence electrons. The first-order valence-corrected chi connectivity index (χ1v) is 6.07. The van der Waals surface area contributed by atoms with E-state index in [1.54, 1.807) is 0 Å². The minimum absolute atomic E-state index is 0.0456. The summed E-state index contributed by atoms with van der Waals surface area (Å²) in [6.07, 6.45) is 4.02. The highest BCUT2D eigenvalue weighted by molar-refractivity contribution is 7.85. The first-order valence-electron chi connectivity index (χ1n) is 4.86. The molecule has 0 amide bonds. The summed E-state index contributed by atoms with van der Waals surface area (Å²) in [5.74, 6) is -0.502. The molecule has 1 aromatic heterocycles. The molecular formula is C9H12FN3OS. The lowest BCUT2D eigenvalue weighted by Crippen LogP contribution is -2.36. The molecule has 0 aliphatic carbocycles. The molecule has 0 unspecified atom stereocenters. The Morgan fingerprint density at radius 3 is 2.80 bits per heavy atom. The molecule has 2 rings (SSSR count). The van der Waals surface area contributed by atoms with Crippen molar-refractivity contribution in [2.75, 3.05) is 13.1 Å². The van der Waals surface area contributed by atoms with Crippen LogP contribution >= 0.6 is 0 Å². The van der Waals surface area contributed by atoms with Gasteiger partial charge in [-0.05, 0) is 19.4 Å². The Bertz CT molecular complexity index is 351. The van der Waals surface area contributed by atoms with E-state index in [0.29, 0.717) is 6.54 Å². The maximum absolute atomic E-state index is 12.6. The average molecular weight is 229 g/mol. The maximum Gasteiger partial charge on any atom is 0.218 e. The second kappa shape index (κ2) is 4.76. The second-order valence-electron chi connectivity index (χ2n) is 3.45. The summed E-state index contributed by atoms with van der Waals surface area (Å²) in [5.41, 5.74) is 0. The van der Waals surface area contributed by atoms with Gasteiger partial charge in [0.1, 0.15) is 0 Å². The summed E-state index contributed by atoms with van der Waals surface area (Å²) in [7, 11) is -1.23. The number of rotatable bonds is 2. The summed E-state index contributed by atoms with van der Waals surface area (Å²) in [4.78, 5) is 7.48. The third-order valence-corrected chi connectivity index (χ3v) is 3.91. The van der Waals surface area contributed by atoms with Gasteiger partial charge in [0, 0.05) is 6.54 Å². The van der Waals surface area contributed by atoms with Crippen molar-refractivity contribution < 1.29 is 8.60 Å². The summed E-state index contributed by atoms with van der Waals surface area (Å²) >= 11 is 0. The number of aromatic nitrogens is 2. The molecule has 15 heavy (non-hydrogen) atoms. The molecule has 4 nitrogen and oxygen atoms in total. The summed E-state index contributed by atoms with van der Waals surface area (Å²) < 4.78 is 24.5. The van der Waals surface area contributed by atoms with E-state index in [-0.39, 0.29) is 10.4 Å². The van der Waals surface area contributed by atoms with Crippen LogP contribution in [0.4, 0.5) is 4.39 Å². The second-order valence-corrected chi connectivity index (χ2v) is 5.08. The first kappa shape index (κ1) is 10.6. The molecule has 0 spiro atoms. The van der Waals surface area contributed by atoms with Gasteiger partial charge in [0.2, 0.25) is 5.16 Å². The molecule has 0 aromatic carbocycles. The monoisotopic (exact) mass is 229 g/mol. The van der Waals surface area contributed by atoms with E-state index in [2.05, 4.69) is 15.3 Å². The van der Waals surface area contributed by atoms with E-state index in [1.165, 1.54) is 0 Å². The van der Waals surface area contributed by atoms with Crippen LogP contribution in [0, 0.1) is 5.82 Å². The fourth-order valence-corrected chi connectivity index (χ4v) is 2.82. The van der Waals surface area contributed by atoms with Crippen LogP contribution in [0.1, 0.15) is 12.8 Å². The molecular weight excluding hydrogens is 217 g/mol. The predicted octanol–water partition coefficient (Wildman–Crippen LogP) is 0.475. The molecule has 2 heterocycles. The zero-order chi connectivity index (χ0) is 10.7. The molecule has 1 aromatic rings. The van der Waals surface area contributed by atoms with Crippen molar-refractivity contribution in [2.24, 2.45) is 0 Å². The Morgan fingerprint density at radius 1 is 1.47 bits per heavy atom. The van der Waals surface area contributed by atoms with Gasteiger partial charge in [-0.15, -0.1) is 0 Å². The van der Waals surface area contributed by atoms with Crippen LogP contribution in [-0.2, 0) is 10.8 Å². The molecule has 6 heteroatoms. The standard InChI is InChI=1S/C9H12FN3OS/c10-7-4-12-9(13-5-7)15(14)8-2-1-3-11-6-8/h4-5,8,11H,1-3,6H2/t8-,15+/m1/s1. The average Bonchev–Trinajstić information content (AvgIpc) is 2.30. The molecule has 1 aliphatic heterocycles. The third-order valence-electron chi connectivity index (χ3n) is 2.33. The van der Waals surface area contributed by atoms with Gasteiger partial charge in [-0.2, -0.15) is 0 Å². The molecule has 0 radical (unpaired) electrons. The molecule has 1 N–H and O–H groups in total. The van der Waals surface area contributed by atoms with Crippen molar-refractivity contribution in [3.63, 3.8) is 0 Å². The number of piperidine rings is 1. The maximum atomic E-state index is 12.6. The molecule has 0 bridgehead atoms. The van der Waals surface area contributed by atoms with Gasteiger partial charge in [0.25, 0.3) is 0 Å². The Morgan fingerprint density at radius 2 is 2.20 bits per heavy atom. The van der Waals surface area contributed by atoms with Gasteiger partial charge in [-0.3, -0.25) is 4.21 Å². The Kier molecular flexibility index (Phi) is 3.37. The molecule has 0 saturated carbocycles. The largest absolute Gasteiger partial charge is 0.316 e. The van der Waals surface area contributed by atoms with Gasteiger partial charge < -0.3 is 5.32 Å². The minimum Gasteiger partial charge on any atom is -0.316 e. The molecule has 1 fully saturated rings. The number of nitrogens with one attached hydrogen (secondary N) is 1. The topological polar surface area (TPSA) is 54.9 Å². The number of halogens is 1. The normalized spacial score (nSPS) is 23.7. The van der Waals surface area contributed by atoms with Crippen LogP contribution in [0.2, 0.25) is 0 Å². The van der Waals surface area contributed by atoms with Crippen LogP contribution in [0.15, 0.2) is 17.6 Å². The van der Waals surface area contributed by atoms with E-state index in [4.69, 9.17) is 0 Å². The van der Waals surface area contributed by atoms with Crippen LogP contribution < -0.4 is 5.32 Å². The minimum atomic E-state index is -1.23. The smallest absolute Gasteiger partial charge is 0.218 e. The summed E-state index contributed by atoms with van der Waals surface area (Å²) in [6, 6.07) is 0. The van der Waals surface area contributed by atoms with Gasteiger partial charge in [0.15, 0.2) is 5.82 Å². The Balaban J connectivity index is 2.09. The fraction of sp³-hybridized carbons (Fsp3) is 0.556. The lowest BCUT2D eigenvalue weighted by atomic mass is 10.2. The van der Waals surface area contributed by atoms with Crippen molar-refractivity contribution in [3.8, 4) is 0 Å². The van der Waals surface area contributed by atoms with Crippen molar-refractivity contribution in [1.82, 2.24) is 15.3 Å². The van der Waals surface area contributed by atoms with Crippen LogP contribution in [0.3, 0.4) is 0 Å². The summed E-state index contributed by atoms with van der Waals surface area (Å²) in [5, 5.41) is 3.45. The third kappa shape index (κ3) is 2.57. The van der Waals surface area contributed by atoms with Crippen molar-refractivity contribution in [1.29, 1.82) is 0 Å². The highest BCUT2D eigenvalue weighted by Gasteiger charge is 2.22. The summed E-state index contributed by atoms with van der Waals surface area (Å²) in [6.45, 7) is 1.69. The van der Waals surface area contributed by atoms with E-state index < -0.39 is 16.6 Å². The number of nitrogens with zero attached hydrogens (tertiary/aromatic N) is 2. The van der Waals surface area contributed by atoms with E-state index in [9.17, 15) is 8.60 Å². The van der Waals surface area contributed by atoms with Gasteiger partial charge in [-0.1, -0.05) is 0 Å². The lowest BCUT2D eigenvalue weighted by Gasteiger charge is -2.20. The molecule has 1 saturated heterocycles. The zero-order valence-electron chi connectivity index (χ0n) is 8.15. The van der Waals surface area contributed by atoms with Gasteiger partial charge in [-0.25, -0.2) is 14.4 Å². The van der Waals surface area contributed by atoms with Crippen LogP contribution in [0.5, 0.6) is 0 Å². The van der Waals surface area contributed by atoms with Crippen molar-refractivity contribution in [2.45, 2.75) is 23.2 Å². The Hall–Kier alpha value is -0.880. The van der Waals surface area contributed by atoms with Crippen LogP contribution in [0.25, 0.3) is 0 Å².